The van der Waals surface area contributed by atoms with Crippen molar-refractivity contribution in [1.29, 1.82) is 0 Å². The van der Waals surface area contributed by atoms with Gasteiger partial charge in [0.25, 0.3) is 0 Å². The maximum absolute atomic E-state index is 11.2. The monoisotopic (exact) mass is 255 g/mol. The van der Waals surface area contributed by atoms with Crippen molar-refractivity contribution in [3.05, 3.63) is 10.1 Å². The van der Waals surface area contributed by atoms with Gasteiger partial charge in [0.2, 0.25) is 5.17 Å². The Labute approximate surface area is 95.5 Å². The second kappa shape index (κ2) is 6.46. The van der Waals surface area contributed by atoms with Gasteiger partial charge in [-0.3, -0.25) is 4.99 Å². The van der Waals surface area contributed by atoms with Gasteiger partial charge in [-0.2, -0.15) is 0 Å². The number of aliphatic imine (C=N–C) groups is 1. The summed E-state index contributed by atoms with van der Waals surface area (Å²) >= 11 is 6.33. The molecule has 0 aliphatic heterocycles. The summed E-state index contributed by atoms with van der Waals surface area (Å²) in [6.07, 6.45) is 0.383. The van der Waals surface area contributed by atoms with Gasteiger partial charge in [-0.1, -0.05) is 23.4 Å². The predicted octanol–water partition coefficient (Wildman–Crippen LogP) is 1.55. The van der Waals surface area contributed by atoms with Gasteiger partial charge in [0.15, 0.2) is 10.6 Å². The molecule has 1 atom stereocenters. The summed E-state index contributed by atoms with van der Waals surface area (Å²) in [6.45, 7) is 1.37. The Kier molecular flexibility index (Phi) is 6.02. The van der Waals surface area contributed by atoms with Crippen LogP contribution in [0, 0.1) is 10.1 Å². The first-order valence-electron chi connectivity index (χ1n) is 3.74. The van der Waals surface area contributed by atoms with Crippen LogP contribution in [0.5, 0.6) is 0 Å². The number of hydrogen-bond acceptors (Lipinski definition) is 6. The average Bonchev–Trinajstić information content (AvgIpc) is 2.11. The first-order chi connectivity index (χ1) is 6.93. The molecule has 1 amide bonds. The largest absolute Gasteiger partial charge is 0.476 e. The molecule has 0 aromatic carbocycles. The fourth-order valence-electron chi connectivity index (χ4n) is 0.676. The minimum absolute atomic E-state index is 0.0812. The second-order valence-electron chi connectivity index (χ2n) is 2.19. The minimum atomic E-state index is -1.17. The van der Waals surface area contributed by atoms with E-state index in [2.05, 4.69) is 9.73 Å². The summed E-state index contributed by atoms with van der Waals surface area (Å²) in [4.78, 5) is 25.4. The topological polar surface area (TPSA) is 85.0 Å². The molecular weight excluding hydrogens is 246 g/mol. The number of amides is 1. The van der Waals surface area contributed by atoms with E-state index < -0.39 is 16.7 Å². The zero-order valence-corrected chi connectivity index (χ0v) is 9.91. The number of carbonyl (C=O) groups excluding carboxylic acids is 1. The number of hydrogen-bond donors (Lipinski definition) is 0. The van der Waals surface area contributed by atoms with Crippen LogP contribution in [0.1, 0.15) is 6.92 Å². The van der Waals surface area contributed by atoms with Gasteiger partial charge in [0.05, 0.1) is 0 Å². The first-order valence-corrected chi connectivity index (χ1v) is 5.40. The lowest BCUT2D eigenvalue weighted by Gasteiger charge is -2.13. The van der Waals surface area contributed by atoms with Crippen LogP contribution in [-0.2, 0) is 4.74 Å². The Hall–Kier alpha value is -1.02. The molecular formula is C6H10ClN3O4S. The Balaban J connectivity index is 4.82. The first kappa shape index (κ1) is 14.0. The smallest absolute Gasteiger partial charge is 0.426 e. The number of alkyl halides is 1. The number of rotatable bonds is 2. The van der Waals surface area contributed by atoms with E-state index in [1.807, 2.05) is 0 Å². The summed E-state index contributed by atoms with van der Waals surface area (Å²) in [5, 5.41) is 9.78. The fourth-order valence-corrected chi connectivity index (χ4v) is 1.25. The zero-order valence-electron chi connectivity index (χ0n) is 8.34. The summed E-state index contributed by atoms with van der Waals surface area (Å²) in [5.74, 6) is 0. The lowest BCUT2D eigenvalue weighted by molar-refractivity contribution is -0.609. The second-order valence-corrected chi connectivity index (χ2v) is 3.57. The normalized spacial score (nSPS) is 13.2. The van der Waals surface area contributed by atoms with E-state index >= 15 is 0 Å². The molecule has 0 radical (unpaired) electrons. The van der Waals surface area contributed by atoms with E-state index in [4.69, 9.17) is 11.6 Å². The van der Waals surface area contributed by atoms with Crippen LogP contribution in [0.15, 0.2) is 4.99 Å². The molecule has 0 saturated heterocycles. The van der Waals surface area contributed by atoms with Gasteiger partial charge in [-0.15, -0.1) is 0 Å². The zero-order chi connectivity index (χ0) is 12.0. The molecule has 9 heteroatoms. The highest BCUT2D eigenvalue weighted by molar-refractivity contribution is 8.13. The highest BCUT2D eigenvalue weighted by Gasteiger charge is 2.32. The SMILES string of the molecule is CN=C(SC)N(C(=O)OC(C)Cl)[N+](=O)[O-]. The van der Waals surface area contributed by atoms with Gasteiger partial charge >= 0.3 is 6.09 Å². The number of halogens is 1. The molecule has 1 unspecified atom stereocenters. The third-order valence-electron chi connectivity index (χ3n) is 1.15. The minimum Gasteiger partial charge on any atom is -0.426 e. The van der Waals surface area contributed by atoms with Crippen LogP contribution < -0.4 is 0 Å². The molecule has 0 bridgehead atoms. The van der Waals surface area contributed by atoms with Gasteiger partial charge < -0.3 is 4.74 Å². The van der Waals surface area contributed by atoms with E-state index in [9.17, 15) is 14.9 Å². The summed E-state index contributed by atoms with van der Waals surface area (Å²) in [5.41, 5.74) is -0.945. The molecule has 0 rings (SSSR count). The Bertz CT molecular complexity index is 284. The van der Waals surface area contributed by atoms with E-state index in [0.717, 1.165) is 11.8 Å². The number of amidine groups is 1. The average molecular weight is 256 g/mol. The maximum Gasteiger partial charge on any atom is 0.476 e. The molecule has 0 saturated carbocycles. The third-order valence-corrected chi connectivity index (χ3v) is 1.96. The Morgan fingerprint density at radius 1 is 1.73 bits per heavy atom. The van der Waals surface area contributed by atoms with E-state index in [0.29, 0.717) is 0 Å². The summed E-state index contributed by atoms with van der Waals surface area (Å²) in [7, 11) is 1.33. The van der Waals surface area contributed by atoms with Crippen LogP contribution in [0.4, 0.5) is 4.79 Å². The molecule has 0 N–H and O–H groups in total. The van der Waals surface area contributed by atoms with Crippen molar-refractivity contribution >= 4 is 34.6 Å². The van der Waals surface area contributed by atoms with Crippen LogP contribution in [-0.4, -0.2) is 40.2 Å². The lowest BCUT2D eigenvalue weighted by Crippen LogP contribution is -2.41. The van der Waals surface area contributed by atoms with E-state index in [-0.39, 0.29) is 10.2 Å². The van der Waals surface area contributed by atoms with Gasteiger partial charge in [-0.25, -0.2) is 14.9 Å². The third kappa shape index (κ3) is 4.34. The molecule has 86 valence electrons. The van der Waals surface area contributed by atoms with Crippen molar-refractivity contribution in [1.82, 2.24) is 5.01 Å². The molecule has 15 heavy (non-hydrogen) atoms. The Morgan fingerprint density at radius 3 is 2.53 bits per heavy atom. The molecule has 0 aliphatic carbocycles. The van der Waals surface area contributed by atoms with Crippen LogP contribution in [0.2, 0.25) is 0 Å². The number of hydrazine groups is 1. The number of nitro groups is 1. The van der Waals surface area contributed by atoms with Crippen molar-refractivity contribution in [3.63, 3.8) is 0 Å². The highest BCUT2D eigenvalue weighted by Crippen LogP contribution is 2.09. The van der Waals surface area contributed by atoms with Crippen molar-refractivity contribution in [2.75, 3.05) is 13.3 Å². The molecule has 0 spiro atoms. The fraction of sp³-hybridized carbons (Fsp3) is 0.667. The van der Waals surface area contributed by atoms with Crippen LogP contribution in [0.3, 0.4) is 0 Å². The van der Waals surface area contributed by atoms with Crippen molar-refractivity contribution in [2.45, 2.75) is 12.5 Å². The number of ether oxygens (including phenoxy) is 1. The highest BCUT2D eigenvalue weighted by atomic mass is 35.5. The van der Waals surface area contributed by atoms with Crippen LogP contribution >= 0.6 is 23.4 Å². The van der Waals surface area contributed by atoms with E-state index in [1.165, 1.54) is 14.0 Å². The summed E-state index contributed by atoms with van der Waals surface area (Å²) in [6, 6.07) is 0. The quantitative estimate of drug-likeness (QED) is 0.246. The predicted molar refractivity (Wildman–Crippen MR) is 57.5 cm³/mol. The molecule has 7 nitrogen and oxygen atoms in total. The number of carbonyl (C=O) groups is 1. The van der Waals surface area contributed by atoms with E-state index in [1.54, 1.807) is 6.26 Å². The number of thioether (sulfide) groups is 1. The standard InChI is InChI=1S/C6H10ClN3O4S/c1-4(7)14-6(11)9(10(12)13)5(8-2)15-3/h4H,1-3H3. The molecule has 0 aromatic heterocycles. The van der Waals surface area contributed by atoms with Gasteiger partial charge in [0, 0.05) is 12.1 Å². The van der Waals surface area contributed by atoms with Crippen molar-refractivity contribution in [2.24, 2.45) is 4.99 Å². The maximum atomic E-state index is 11.2. The molecule has 0 aliphatic rings. The van der Waals surface area contributed by atoms with Crippen molar-refractivity contribution in [3.8, 4) is 0 Å². The number of nitrogens with zero attached hydrogens (tertiary/aromatic N) is 3. The molecule has 0 heterocycles. The van der Waals surface area contributed by atoms with Gasteiger partial charge in [-0.05, 0) is 13.2 Å². The Morgan fingerprint density at radius 2 is 2.27 bits per heavy atom. The van der Waals surface area contributed by atoms with Gasteiger partial charge in [0.1, 0.15) is 0 Å². The molecule has 0 aromatic rings. The van der Waals surface area contributed by atoms with Crippen LogP contribution in [0.25, 0.3) is 0 Å². The lowest BCUT2D eigenvalue weighted by atomic mass is 10.8. The molecule has 0 fully saturated rings. The van der Waals surface area contributed by atoms with Crippen molar-refractivity contribution < 1.29 is 14.6 Å². The summed E-state index contributed by atoms with van der Waals surface area (Å²) < 4.78 is 4.47.